The molecule has 0 rings (SSSR count). The second-order valence-electron chi connectivity index (χ2n) is 5.67. The van der Waals surface area contributed by atoms with Crippen molar-refractivity contribution in [1.82, 2.24) is 0 Å². The molecule has 0 nitrogen and oxygen atoms in total. The Morgan fingerprint density at radius 3 is 1.35 bits per heavy atom. The molecule has 0 bridgehead atoms. The average Bonchev–Trinajstić information content (AvgIpc) is 2.37. The summed E-state index contributed by atoms with van der Waals surface area (Å²) in [5.41, 5.74) is 0. The third kappa shape index (κ3) is 8.02. The van der Waals surface area contributed by atoms with Gasteiger partial charge in [-0.25, -0.2) is 0 Å². The van der Waals surface area contributed by atoms with Gasteiger partial charge in [-0.1, -0.05) is 97.2 Å². The van der Waals surface area contributed by atoms with Crippen molar-refractivity contribution >= 4 is 8.07 Å². The average molecular weight is 256 g/mol. The first-order valence-electron chi connectivity index (χ1n) is 8.09. The molecule has 0 N–H and O–H groups in total. The molecule has 1 radical (unpaired) electrons. The summed E-state index contributed by atoms with van der Waals surface area (Å²) in [5.74, 6) is 0. The summed E-state index contributed by atoms with van der Waals surface area (Å²) in [6.45, 7) is 9.37. The quantitative estimate of drug-likeness (QED) is 0.355. The van der Waals surface area contributed by atoms with Crippen molar-refractivity contribution in [1.29, 1.82) is 0 Å². The summed E-state index contributed by atoms with van der Waals surface area (Å²) in [5, 5.41) is 0. The van der Waals surface area contributed by atoms with E-state index >= 15 is 0 Å². The lowest BCUT2D eigenvalue weighted by molar-refractivity contribution is 0.785. The fourth-order valence-electron chi connectivity index (χ4n) is 2.72. The largest absolute Gasteiger partial charge is 0.0654 e. The van der Waals surface area contributed by atoms with E-state index < -0.39 is 8.07 Å². The molecule has 0 atom stereocenters. The lowest BCUT2D eigenvalue weighted by Gasteiger charge is -2.32. The molecule has 0 aliphatic rings. The van der Waals surface area contributed by atoms with Crippen molar-refractivity contribution in [2.75, 3.05) is 0 Å². The van der Waals surface area contributed by atoms with Gasteiger partial charge in [0.1, 0.15) is 0 Å². The molecular formula is C16H35Si. The molecule has 0 aromatic rings. The smallest absolute Gasteiger partial charge is 0.0566 e. The monoisotopic (exact) mass is 255 g/mol. The standard InChI is InChI=1S/C16H35Si/c1-5-9-13-17(14-10-6-2,15-11-7-3)16-12-8-4/h13H,5-12,14-16H2,1-4H3. The Bertz CT molecular complexity index is 116. The zero-order valence-electron chi connectivity index (χ0n) is 12.9. The van der Waals surface area contributed by atoms with Gasteiger partial charge in [0, 0.05) is 0 Å². The Hall–Kier alpha value is 0.217. The fourth-order valence-corrected chi connectivity index (χ4v) is 8.15. The molecule has 0 aromatic heterocycles. The third-order valence-electron chi connectivity index (χ3n) is 3.95. The van der Waals surface area contributed by atoms with Crippen molar-refractivity contribution in [3.05, 3.63) is 6.04 Å². The number of unbranched alkanes of at least 4 members (excludes halogenated alkanes) is 4. The lowest BCUT2D eigenvalue weighted by Crippen LogP contribution is -2.35. The predicted molar refractivity (Wildman–Crippen MR) is 84.1 cm³/mol. The molecule has 0 fully saturated rings. The zero-order chi connectivity index (χ0) is 13.0. The van der Waals surface area contributed by atoms with Crippen LogP contribution < -0.4 is 0 Å². The second kappa shape index (κ2) is 11.3. The van der Waals surface area contributed by atoms with E-state index in [9.17, 15) is 0 Å². The van der Waals surface area contributed by atoms with Crippen LogP contribution in [0.15, 0.2) is 0 Å². The normalized spacial score (nSPS) is 12.0. The van der Waals surface area contributed by atoms with Crippen LogP contribution in [-0.4, -0.2) is 8.07 Å². The van der Waals surface area contributed by atoms with Crippen molar-refractivity contribution in [3.63, 3.8) is 0 Å². The Morgan fingerprint density at radius 2 is 1.06 bits per heavy atom. The first-order chi connectivity index (χ1) is 8.24. The number of rotatable bonds is 12. The van der Waals surface area contributed by atoms with Gasteiger partial charge in [0.2, 0.25) is 0 Å². The summed E-state index contributed by atoms with van der Waals surface area (Å²) in [6, 6.07) is 7.55. The van der Waals surface area contributed by atoms with Crippen LogP contribution in [-0.2, 0) is 0 Å². The molecule has 0 spiro atoms. The molecule has 0 aliphatic heterocycles. The third-order valence-corrected chi connectivity index (χ3v) is 9.15. The maximum atomic E-state index is 2.83. The van der Waals surface area contributed by atoms with Crippen LogP contribution >= 0.6 is 0 Å². The first kappa shape index (κ1) is 17.2. The van der Waals surface area contributed by atoms with Gasteiger partial charge in [-0.2, -0.15) is 0 Å². The molecule has 17 heavy (non-hydrogen) atoms. The zero-order valence-corrected chi connectivity index (χ0v) is 13.9. The lowest BCUT2D eigenvalue weighted by atomic mass is 10.4. The van der Waals surface area contributed by atoms with E-state index in [0.717, 1.165) is 0 Å². The molecule has 0 aromatic carbocycles. The van der Waals surface area contributed by atoms with Crippen LogP contribution in [0.2, 0.25) is 18.1 Å². The first-order valence-corrected chi connectivity index (χ1v) is 10.8. The Morgan fingerprint density at radius 1 is 0.647 bits per heavy atom. The van der Waals surface area contributed by atoms with Gasteiger partial charge in [0.05, 0.1) is 8.07 Å². The van der Waals surface area contributed by atoms with Crippen LogP contribution in [0.5, 0.6) is 0 Å². The predicted octanol–water partition coefficient (Wildman–Crippen LogP) is 6.38. The van der Waals surface area contributed by atoms with Gasteiger partial charge in [-0.3, -0.25) is 0 Å². The number of hydrogen-bond acceptors (Lipinski definition) is 0. The van der Waals surface area contributed by atoms with Crippen LogP contribution in [0.4, 0.5) is 0 Å². The summed E-state index contributed by atoms with van der Waals surface area (Å²) in [4.78, 5) is 0. The van der Waals surface area contributed by atoms with Crippen molar-refractivity contribution in [3.8, 4) is 0 Å². The minimum Gasteiger partial charge on any atom is -0.0654 e. The maximum absolute atomic E-state index is 2.83. The number of hydrogen-bond donors (Lipinski definition) is 0. The van der Waals surface area contributed by atoms with Gasteiger partial charge in [-0.05, 0) is 6.04 Å². The van der Waals surface area contributed by atoms with Gasteiger partial charge in [0.15, 0.2) is 0 Å². The molecule has 0 saturated carbocycles. The van der Waals surface area contributed by atoms with E-state index in [1.807, 2.05) is 0 Å². The minimum atomic E-state index is -1.00. The van der Waals surface area contributed by atoms with Crippen LogP contribution in [0, 0.1) is 6.04 Å². The highest BCUT2D eigenvalue weighted by Gasteiger charge is 2.30. The van der Waals surface area contributed by atoms with Gasteiger partial charge < -0.3 is 0 Å². The molecule has 0 heterocycles. The fraction of sp³-hybridized carbons (Fsp3) is 0.938. The van der Waals surface area contributed by atoms with E-state index in [1.54, 1.807) is 18.1 Å². The van der Waals surface area contributed by atoms with Gasteiger partial charge in [0.25, 0.3) is 0 Å². The van der Waals surface area contributed by atoms with Crippen LogP contribution in [0.1, 0.15) is 79.1 Å². The molecular weight excluding hydrogens is 220 g/mol. The molecule has 0 saturated heterocycles. The molecule has 103 valence electrons. The summed E-state index contributed by atoms with van der Waals surface area (Å²) < 4.78 is 0. The van der Waals surface area contributed by atoms with E-state index in [2.05, 4.69) is 33.7 Å². The highest BCUT2D eigenvalue weighted by atomic mass is 28.3. The van der Waals surface area contributed by atoms with E-state index in [1.165, 1.54) is 51.4 Å². The second-order valence-corrected chi connectivity index (χ2v) is 10.3. The molecule has 0 amide bonds. The topological polar surface area (TPSA) is 0 Å². The summed E-state index contributed by atoms with van der Waals surface area (Å²) >= 11 is 0. The summed E-state index contributed by atoms with van der Waals surface area (Å²) in [6.07, 6.45) is 11.3. The molecule has 1 heteroatoms. The maximum Gasteiger partial charge on any atom is 0.0566 e. The molecule has 0 unspecified atom stereocenters. The summed E-state index contributed by atoms with van der Waals surface area (Å²) in [7, 11) is -1.00. The van der Waals surface area contributed by atoms with Gasteiger partial charge in [-0.15, -0.1) is 0 Å². The minimum absolute atomic E-state index is 1.00. The highest BCUT2D eigenvalue weighted by molar-refractivity contribution is 6.83. The van der Waals surface area contributed by atoms with Crippen molar-refractivity contribution in [2.45, 2.75) is 97.2 Å². The molecule has 0 aliphatic carbocycles. The van der Waals surface area contributed by atoms with E-state index in [-0.39, 0.29) is 0 Å². The van der Waals surface area contributed by atoms with Crippen LogP contribution in [0.3, 0.4) is 0 Å². The van der Waals surface area contributed by atoms with E-state index in [0.29, 0.717) is 0 Å². The van der Waals surface area contributed by atoms with Gasteiger partial charge >= 0.3 is 0 Å². The Kier molecular flexibility index (Phi) is 11.5. The van der Waals surface area contributed by atoms with Crippen LogP contribution in [0.25, 0.3) is 0 Å². The Labute approximate surface area is 112 Å². The highest BCUT2D eigenvalue weighted by Crippen LogP contribution is 2.32. The SMILES string of the molecule is CCC[CH][Si](CCCC)(CCCC)CCCC. The van der Waals surface area contributed by atoms with E-state index in [4.69, 9.17) is 0 Å². The van der Waals surface area contributed by atoms with Crippen molar-refractivity contribution in [2.24, 2.45) is 0 Å². The van der Waals surface area contributed by atoms with Crippen molar-refractivity contribution < 1.29 is 0 Å². The Balaban J connectivity index is 4.39.